The molecule has 0 aliphatic carbocycles. The van der Waals surface area contributed by atoms with Crippen molar-refractivity contribution in [3.8, 4) is 0 Å². The number of methoxy groups -OCH3 is 1. The van der Waals surface area contributed by atoms with Gasteiger partial charge in [0.1, 0.15) is 4.99 Å². The van der Waals surface area contributed by atoms with E-state index >= 15 is 0 Å². The zero-order valence-corrected chi connectivity index (χ0v) is 10.9. The maximum Gasteiger partial charge on any atom is 0.310 e. The molecule has 0 aromatic carbocycles. The van der Waals surface area contributed by atoms with E-state index in [2.05, 4.69) is 9.88 Å². The molecule has 0 saturated carbocycles. The predicted octanol–water partition coefficient (Wildman–Crippen LogP) is 0.715. The van der Waals surface area contributed by atoms with Crippen molar-refractivity contribution in [2.45, 2.75) is 6.42 Å². The lowest BCUT2D eigenvalue weighted by atomic mass is 10.1. The minimum atomic E-state index is -0.148. The third-order valence-corrected chi connectivity index (χ3v) is 3.30. The number of esters is 1. The normalized spacial score (nSPS) is 18.7. The maximum atomic E-state index is 11.4. The van der Waals surface area contributed by atoms with Crippen molar-refractivity contribution < 1.29 is 9.53 Å². The quantitative estimate of drug-likeness (QED) is 0.641. The second kappa shape index (κ2) is 5.30. The van der Waals surface area contributed by atoms with Crippen LogP contribution in [0.4, 0.5) is 5.69 Å². The van der Waals surface area contributed by atoms with Crippen molar-refractivity contribution >= 4 is 28.9 Å². The number of aromatic nitrogens is 1. The minimum Gasteiger partial charge on any atom is -0.469 e. The molecule has 1 fully saturated rings. The number of ether oxygens (including phenoxy) is 1. The van der Waals surface area contributed by atoms with E-state index in [1.807, 2.05) is 6.07 Å². The number of thiocarbonyl (C=S) groups is 1. The molecular weight excluding hydrogens is 250 g/mol. The first-order valence-corrected chi connectivity index (χ1v) is 6.11. The Bertz CT molecular complexity index is 461. The van der Waals surface area contributed by atoms with Crippen LogP contribution in [0, 0.1) is 5.92 Å². The highest BCUT2D eigenvalue weighted by atomic mass is 32.1. The fraction of sp³-hybridized carbons (Fsp3) is 0.417. The van der Waals surface area contributed by atoms with Crippen LogP contribution >= 0.6 is 12.2 Å². The average molecular weight is 265 g/mol. The number of anilines is 1. The average Bonchev–Trinajstić information content (AvgIpc) is 2.87. The molecule has 1 aromatic rings. The Balaban J connectivity index is 2.05. The van der Waals surface area contributed by atoms with Gasteiger partial charge in [0.15, 0.2) is 0 Å². The van der Waals surface area contributed by atoms with Crippen LogP contribution in [0.25, 0.3) is 0 Å². The van der Waals surface area contributed by atoms with E-state index in [0.717, 1.165) is 18.7 Å². The molecule has 5 nitrogen and oxygen atoms in total. The van der Waals surface area contributed by atoms with Crippen LogP contribution in [0.1, 0.15) is 12.1 Å². The molecular formula is C12H15N3O2S. The molecule has 0 spiro atoms. The molecule has 6 heteroatoms. The summed E-state index contributed by atoms with van der Waals surface area (Å²) < 4.78 is 4.75. The summed E-state index contributed by atoms with van der Waals surface area (Å²) in [4.78, 5) is 18.0. The maximum absolute atomic E-state index is 11.4. The first-order chi connectivity index (χ1) is 8.61. The van der Waals surface area contributed by atoms with Gasteiger partial charge in [0.25, 0.3) is 0 Å². The van der Waals surface area contributed by atoms with E-state index in [9.17, 15) is 4.79 Å². The van der Waals surface area contributed by atoms with Gasteiger partial charge in [-0.05, 0) is 18.6 Å². The largest absolute Gasteiger partial charge is 0.469 e. The summed E-state index contributed by atoms with van der Waals surface area (Å²) in [6, 6.07) is 3.71. The summed E-state index contributed by atoms with van der Waals surface area (Å²) in [5.41, 5.74) is 7.07. The van der Waals surface area contributed by atoms with Gasteiger partial charge >= 0.3 is 5.97 Å². The molecule has 96 valence electrons. The third-order valence-electron chi connectivity index (χ3n) is 3.09. The van der Waals surface area contributed by atoms with E-state index < -0.39 is 0 Å². The van der Waals surface area contributed by atoms with Gasteiger partial charge in [-0.25, -0.2) is 0 Å². The topological polar surface area (TPSA) is 68.5 Å². The van der Waals surface area contributed by atoms with Gasteiger partial charge in [-0.3, -0.25) is 9.78 Å². The van der Waals surface area contributed by atoms with Crippen LogP contribution < -0.4 is 10.6 Å². The number of carbonyl (C=O) groups is 1. The lowest BCUT2D eigenvalue weighted by Crippen LogP contribution is -2.23. The summed E-state index contributed by atoms with van der Waals surface area (Å²) in [7, 11) is 1.42. The van der Waals surface area contributed by atoms with Crippen molar-refractivity contribution in [1.82, 2.24) is 4.98 Å². The fourth-order valence-electron chi connectivity index (χ4n) is 2.07. The number of nitrogens with zero attached hydrogens (tertiary/aromatic N) is 2. The molecule has 1 saturated heterocycles. The van der Waals surface area contributed by atoms with Crippen molar-refractivity contribution in [2.24, 2.45) is 11.7 Å². The Morgan fingerprint density at radius 2 is 2.39 bits per heavy atom. The van der Waals surface area contributed by atoms with Gasteiger partial charge in [-0.15, -0.1) is 0 Å². The van der Waals surface area contributed by atoms with Crippen molar-refractivity contribution in [2.75, 3.05) is 25.1 Å². The number of hydrogen-bond acceptors (Lipinski definition) is 5. The van der Waals surface area contributed by atoms with E-state index in [4.69, 9.17) is 22.7 Å². The standard InChI is InChI=1S/C12H15N3O2S/c1-17-12(16)8-4-5-15(7-8)9-2-3-10(11(13)18)14-6-9/h2-3,6,8H,4-5,7H2,1H3,(H2,13,18). The Hall–Kier alpha value is -1.69. The van der Waals surface area contributed by atoms with Gasteiger partial charge in [-0.2, -0.15) is 0 Å². The second-order valence-electron chi connectivity index (χ2n) is 4.22. The molecule has 2 rings (SSSR count). The summed E-state index contributed by atoms with van der Waals surface area (Å²) in [6.07, 6.45) is 2.54. The molecule has 0 radical (unpaired) electrons. The summed E-state index contributed by atoms with van der Waals surface area (Å²) >= 11 is 4.85. The zero-order valence-electron chi connectivity index (χ0n) is 10.1. The molecule has 1 aromatic heterocycles. The number of pyridine rings is 1. The number of carbonyl (C=O) groups excluding carboxylic acids is 1. The Morgan fingerprint density at radius 3 is 2.94 bits per heavy atom. The molecule has 0 amide bonds. The van der Waals surface area contributed by atoms with Gasteiger partial charge in [-0.1, -0.05) is 12.2 Å². The van der Waals surface area contributed by atoms with Gasteiger partial charge in [0.2, 0.25) is 0 Å². The monoisotopic (exact) mass is 265 g/mol. The SMILES string of the molecule is COC(=O)C1CCN(c2ccc(C(N)=S)nc2)C1. The van der Waals surface area contributed by atoms with E-state index in [-0.39, 0.29) is 16.9 Å². The Labute approximate surface area is 111 Å². The molecule has 2 heterocycles. The summed E-state index contributed by atoms with van der Waals surface area (Å²) in [5, 5.41) is 0. The van der Waals surface area contributed by atoms with E-state index in [1.165, 1.54) is 7.11 Å². The van der Waals surface area contributed by atoms with Crippen LogP contribution in [0.5, 0.6) is 0 Å². The summed E-state index contributed by atoms with van der Waals surface area (Å²) in [6.45, 7) is 1.49. The van der Waals surface area contributed by atoms with Crippen molar-refractivity contribution in [3.63, 3.8) is 0 Å². The molecule has 1 aliphatic rings. The fourth-order valence-corrected chi connectivity index (χ4v) is 2.19. The second-order valence-corrected chi connectivity index (χ2v) is 4.66. The minimum absolute atomic E-state index is 0.0507. The number of nitrogens with two attached hydrogens (primary N) is 1. The van der Waals surface area contributed by atoms with Gasteiger partial charge in [0, 0.05) is 13.1 Å². The molecule has 0 bridgehead atoms. The van der Waals surface area contributed by atoms with Crippen LogP contribution in [0.3, 0.4) is 0 Å². The molecule has 2 N–H and O–H groups in total. The first-order valence-electron chi connectivity index (χ1n) is 5.70. The number of rotatable bonds is 3. The van der Waals surface area contributed by atoms with Gasteiger partial charge < -0.3 is 15.4 Å². The Morgan fingerprint density at radius 1 is 1.61 bits per heavy atom. The van der Waals surface area contributed by atoms with Crippen LogP contribution in [0.2, 0.25) is 0 Å². The number of hydrogen-bond donors (Lipinski definition) is 1. The van der Waals surface area contributed by atoms with Crippen LogP contribution in [-0.2, 0) is 9.53 Å². The van der Waals surface area contributed by atoms with E-state index in [0.29, 0.717) is 12.2 Å². The highest BCUT2D eigenvalue weighted by Gasteiger charge is 2.29. The lowest BCUT2D eigenvalue weighted by molar-refractivity contribution is -0.144. The highest BCUT2D eigenvalue weighted by Crippen LogP contribution is 2.23. The van der Waals surface area contributed by atoms with Crippen molar-refractivity contribution in [3.05, 3.63) is 24.0 Å². The smallest absolute Gasteiger partial charge is 0.310 e. The predicted molar refractivity (Wildman–Crippen MR) is 72.5 cm³/mol. The highest BCUT2D eigenvalue weighted by molar-refractivity contribution is 7.80. The molecule has 18 heavy (non-hydrogen) atoms. The molecule has 1 atom stereocenters. The van der Waals surface area contributed by atoms with Crippen LogP contribution in [0.15, 0.2) is 18.3 Å². The first kappa shape index (κ1) is 12.8. The Kier molecular flexibility index (Phi) is 3.76. The zero-order chi connectivity index (χ0) is 13.1. The van der Waals surface area contributed by atoms with Crippen molar-refractivity contribution in [1.29, 1.82) is 0 Å². The molecule has 1 unspecified atom stereocenters. The van der Waals surface area contributed by atoms with E-state index in [1.54, 1.807) is 12.3 Å². The molecule has 1 aliphatic heterocycles. The van der Waals surface area contributed by atoms with Gasteiger partial charge in [0.05, 0.1) is 30.6 Å². The lowest BCUT2D eigenvalue weighted by Gasteiger charge is -2.17. The third kappa shape index (κ3) is 2.59. The van der Waals surface area contributed by atoms with Crippen LogP contribution in [-0.4, -0.2) is 36.1 Å². The summed E-state index contributed by atoms with van der Waals surface area (Å²) in [5.74, 6) is -0.199.